The van der Waals surface area contributed by atoms with Crippen molar-refractivity contribution in [1.29, 1.82) is 5.41 Å². The van der Waals surface area contributed by atoms with Crippen LogP contribution in [0.5, 0.6) is 0 Å². The van der Waals surface area contributed by atoms with E-state index in [1.54, 1.807) is 0 Å². The van der Waals surface area contributed by atoms with Crippen molar-refractivity contribution >= 4 is 12.2 Å². The summed E-state index contributed by atoms with van der Waals surface area (Å²) in [6.07, 6.45) is 5.60. The fourth-order valence-electron chi connectivity index (χ4n) is 1.45. The fourth-order valence-corrected chi connectivity index (χ4v) is 1.45. The van der Waals surface area contributed by atoms with Crippen LogP contribution in [0.4, 0.5) is 5.95 Å². The third-order valence-electron chi connectivity index (χ3n) is 2.48. The number of nitrogens with one attached hydrogen (secondary N) is 2. The maximum absolute atomic E-state index is 11.8. The number of nitrogens with zero attached hydrogens (tertiary/aromatic N) is 3. The molecule has 0 amide bonds. The van der Waals surface area contributed by atoms with E-state index >= 15 is 0 Å². The van der Waals surface area contributed by atoms with Gasteiger partial charge >= 0.3 is 5.69 Å². The number of hydrogen-bond donors (Lipinski definition) is 3. The summed E-state index contributed by atoms with van der Waals surface area (Å²) in [6, 6.07) is 0. The van der Waals surface area contributed by atoms with Gasteiger partial charge in [-0.25, -0.2) is 9.78 Å². The molecule has 0 unspecified atom stereocenters. The average Bonchev–Trinajstić information content (AvgIpc) is 2.74. The van der Waals surface area contributed by atoms with Gasteiger partial charge in [-0.2, -0.15) is 4.98 Å². The second-order valence-electron chi connectivity index (χ2n) is 5.13. The first-order valence-corrected chi connectivity index (χ1v) is 6.97. The van der Waals surface area contributed by atoms with E-state index in [9.17, 15) is 4.79 Å². The molecule has 29 heavy (non-hydrogen) atoms. The summed E-state index contributed by atoms with van der Waals surface area (Å²) in [5.74, 6) is 0.371. The highest BCUT2D eigenvalue weighted by Crippen LogP contribution is 2.09. The molecule has 0 aliphatic heterocycles. The van der Waals surface area contributed by atoms with Gasteiger partial charge in [-0.3, -0.25) is 4.57 Å². The molecule has 1 rings (SSSR count). The summed E-state index contributed by atoms with van der Waals surface area (Å²) >= 11 is 0. The Balaban J connectivity index is -0.0000000772. The predicted octanol–water partition coefficient (Wildman–Crippen LogP) is 2.37. The van der Waals surface area contributed by atoms with Gasteiger partial charge in [0.05, 0.1) is 0 Å². The summed E-state index contributed by atoms with van der Waals surface area (Å²) < 4.78 is 1.51. The molecule has 0 saturated heterocycles. The van der Waals surface area contributed by atoms with Crippen LogP contribution in [0.1, 0.15) is 41.5 Å². The molecule has 1 heterocycles. The van der Waals surface area contributed by atoms with Crippen LogP contribution in [0.3, 0.4) is 0 Å². The second kappa shape index (κ2) is 32.0. The van der Waals surface area contributed by atoms with E-state index in [0.717, 1.165) is 19.3 Å². The average molecular weight is 430 g/mol. The molecule has 0 saturated carbocycles. The molecule has 0 spiro atoms. The van der Waals surface area contributed by atoms with E-state index in [1.165, 1.54) is 17.1 Å². The van der Waals surface area contributed by atoms with Gasteiger partial charge in [0.15, 0.2) is 0 Å². The summed E-state index contributed by atoms with van der Waals surface area (Å²) in [4.78, 5) is 89.8. The Morgan fingerprint density at radius 3 is 1.79 bits per heavy atom. The first-order chi connectivity index (χ1) is 13.4. The summed E-state index contributed by atoms with van der Waals surface area (Å²) in [5.41, 5.74) is -0.598. The van der Waals surface area contributed by atoms with E-state index < -0.39 is 0 Å². The fraction of sp³-hybridized carbons (Fsp3) is 0.667. The highest BCUT2D eigenvalue weighted by molar-refractivity contribution is 5.52. The van der Waals surface area contributed by atoms with Gasteiger partial charge in [-0.05, 0) is 46.2 Å². The molecule has 0 aliphatic rings. The molecule has 1 aromatic heterocycles. The Bertz CT molecular complexity index is 535. The lowest BCUT2D eigenvalue weighted by Gasteiger charge is -2.20. The van der Waals surface area contributed by atoms with E-state index in [0.29, 0.717) is 12.5 Å². The SMILES string of the molecule is CC(C)(C)n1cnc(NCCCCC=N)nc1=O.N.O=O.O=O.O=O.O=O.O=O.[HH]. The Hall–Kier alpha value is -3.76. The Morgan fingerprint density at radius 2 is 1.45 bits per heavy atom. The molecule has 0 aromatic carbocycles. The molecule has 5 N–H and O–H groups in total. The molecule has 0 radical (unpaired) electrons. The van der Waals surface area contributed by atoms with Crippen LogP contribution < -0.4 is 17.2 Å². The molecular formula is C12H26N6O11. The zero-order chi connectivity index (χ0) is 23.6. The van der Waals surface area contributed by atoms with Gasteiger partial charge in [0.25, 0.3) is 0 Å². The van der Waals surface area contributed by atoms with E-state index in [2.05, 4.69) is 15.3 Å². The van der Waals surface area contributed by atoms with Crippen molar-refractivity contribution in [2.75, 3.05) is 11.9 Å². The van der Waals surface area contributed by atoms with Gasteiger partial charge < -0.3 is 16.9 Å². The Morgan fingerprint density at radius 1 is 1.00 bits per heavy atom. The van der Waals surface area contributed by atoms with Gasteiger partial charge in [-0.1, -0.05) is 0 Å². The molecule has 1 aromatic rings. The third-order valence-corrected chi connectivity index (χ3v) is 2.48. The first-order valence-electron chi connectivity index (χ1n) is 6.97. The number of unbranched alkanes of at least 4 members (excludes halogenated alkanes) is 2. The largest absolute Gasteiger partial charge is 0.354 e. The van der Waals surface area contributed by atoms with E-state index in [1.807, 2.05) is 20.8 Å². The highest BCUT2D eigenvalue weighted by atomic mass is 16.7. The van der Waals surface area contributed by atoms with Gasteiger partial charge in [0, 0.05) is 63.2 Å². The minimum atomic E-state index is -0.306. The Labute approximate surface area is 164 Å². The molecule has 17 nitrogen and oxygen atoms in total. The smallest absolute Gasteiger partial charge is 0.352 e. The lowest BCUT2D eigenvalue weighted by atomic mass is 10.1. The van der Waals surface area contributed by atoms with Gasteiger partial charge in [-0.15, -0.1) is 0 Å². The predicted molar refractivity (Wildman–Crippen MR) is 113 cm³/mol. The molecule has 0 atom stereocenters. The van der Waals surface area contributed by atoms with Crippen molar-refractivity contribution in [2.45, 2.75) is 45.6 Å². The zero-order valence-corrected chi connectivity index (χ0v) is 16.0. The number of anilines is 1. The summed E-state index contributed by atoms with van der Waals surface area (Å²) in [6.45, 7) is 6.51. The maximum Gasteiger partial charge on any atom is 0.352 e. The zero-order valence-electron chi connectivity index (χ0n) is 16.0. The summed E-state index contributed by atoms with van der Waals surface area (Å²) in [7, 11) is 0. The molecule has 170 valence electrons. The Kier molecular flexibility index (Phi) is 44.1. The van der Waals surface area contributed by atoms with Crippen LogP contribution in [0.25, 0.3) is 0 Å². The van der Waals surface area contributed by atoms with Crippen LogP contribution >= 0.6 is 0 Å². The number of aromatic nitrogens is 3. The molecule has 17 heteroatoms. The highest BCUT2D eigenvalue weighted by Gasteiger charge is 2.15. The van der Waals surface area contributed by atoms with Crippen LogP contribution in [-0.4, -0.2) is 27.3 Å². The van der Waals surface area contributed by atoms with E-state index in [4.69, 9.17) is 55.1 Å². The topological polar surface area (TPSA) is 289 Å². The lowest BCUT2D eigenvalue weighted by Crippen LogP contribution is -2.35. The van der Waals surface area contributed by atoms with Crippen molar-refractivity contribution in [3.63, 3.8) is 0 Å². The van der Waals surface area contributed by atoms with Gasteiger partial charge in [0.1, 0.15) is 6.33 Å². The molecule has 0 aliphatic carbocycles. The van der Waals surface area contributed by atoms with E-state index in [-0.39, 0.29) is 18.8 Å². The number of rotatable bonds is 6. The van der Waals surface area contributed by atoms with Crippen molar-refractivity contribution in [1.82, 2.24) is 20.7 Å². The lowest BCUT2D eigenvalue weighted by molar-refractivity contribution is 0.372. The minimum absolute atomic E-state index is 0. The van der Waals surface area contributed by atoms with Crippen molar-refractivity contribution in [2.24, 2.45) is 0 Å². The quantitative estimate of drug-likeness (QED) is 0.430. The normalized spacial score (nSPS) is 7.69. The van der Waals surface area contributed by atoms with Crippen LogP contribution in [0.2, 0.25) is 0 Å². The first kappa shape index (κ1) is 40.1. The van der Waals surface area contributed by atoms with Crippen LogP contribution in [-0.2, 0) is 5.54 Å². The monoisotopic (exact) mass is 430 g/mol. The van der Waals surface area contributed by atoms with Crippen LogP contribution in [0.15, 0.2) is 11.1 Å². The van der Waals surface area contributed by atoms with Crippen molar-refractivity contribution < 1.29 is 1.43 Å². The second-order valence-corrected chi connectivity index (χ2v) is 5.13. The van der Waals surface area contributed by atoms with Crippen molar-refractivity contribution in [3.05, 3.63) is 66.5 Å². The molecular weight excluding hydrogens is 404 g/mol. The summed E-state index contributed by atoms with van der Waals surface area (Å²) in [5, 5.41) is 9.91. The van der Waals surface area contributed by atoms with Crippen molar-refractivity contribution in [3.8, 4) is 0 Å². The maximum atomic E-state index is 11.8. The third kappa shape index (κ3) is 24.2. The minimum Gasteiger partial charge on any atom is -0.354 e. The van der Waals surface area contributed by atoms with Gasteiger partial charge in [0.2, 0.25) is 5.95 Å². The standard InChI is InChI=1S/C12H21N5O.H3N.5O2.H2/c1-12(2,3)17-9-15-10(16-11(17)18)14-8-6-4-5-7-13;;5*1-2;/h7,9,13H,4-6,8H2,1-3H3,(H,14,16,18);1H3;;;;;;1H. The number of hydrogen-bond acceptors (Lipinski definition) is 16. The van der Waals surface area contributed by atoms with Crippen LogP contribution in [0, 0.1) is 55.1 Å². The molecule has 0 fully saturated rings. The molecule has 0 bridgehead atoms.